The van der Waals surface area contributed by atoms with Gasteiger partial charge in [0.25, 0.3) is 0 Å². The first-order valence-corrected chi connectivity index (χ1v) is 5.75. The zero-order valence-electron chi connectivity index (χ0n) is 11.1. The number of carbonyl (C=O) groups is 1. The van der Waals surface area contributed by atoms with Crippen molar-refractivity contribution in [2.24, 2.45) is 0 Å². The van der Waals surface area contributed by atoms with Crippen LogP contribution in [0.2, 0.25) is 5.02 Å². The summed E-state index contributed by atoms with van der Waals surface area (Å²) in [6.07, 6.45) is 0.232. The van der Waals surface area contributed by atoms with Crippen LogP contribution in [0.1, 0.15) is 19.4 Å². The molecule has 0 atom stereocenters. The first-order valence-electron chi connectivity index (χ1n) is 5.38. The lowest BCUT2D eigenvalue weighted by molar-refractivity contribution is -0.155. The molecule has 0 bridgehead atoms. The summed E-state index contributed by atoms with van der Waals surface area (Å²) in [6.45, 7) is 3.15. The number of rotatable bonds is 3. The number of esters is 1. The molecule has 0 saturated carbocycles. The smallest absolute Gasteiger partial charge is 0.310 e. The van der Waals surface area contributed by atoms with E-state index < -0.39 is 5.79 Å². The van der Waals surface area contributed by atoms with Crippen LogP contribution in [0.15, 0.2) is 24.3 Å². The van der Waals surface area contributed by atoms with Crippen LogP contribution < -0.4 is 0 Å². The molecule has 0 spiro atoms. The first kappa shape index (κ1) is 16.9. The molecule has 0 unspecified atom stereocenters. The maximum atomic E-state index is 10.9. The summed E-state index contributed by atoms with van der Waals surface area (Å²) in [5.41, 5.74) is 0.797. The fourth-order valence-electron chi connectivity index (χ4n) is 0.869. The molecule has 0 aliphatic rings. The normalized spacial score (nSPS) is 10.3. The molecule has 0 aliphatic carbocycles. The van der Waals surface area contributed by atoms with E-state index in [2.05, 4.69) is 9.47 Å². The molecular weight excluding hydrogens is 256 g/mol. The Morgan fingerprint density at radius 3 is 2.22 bits per heavy atom. The molecule has 0 heterocycles. The standard InChI is InChI=1S/C9H9ClO2.C4H10O2/c1-12-9(11)6-7-4-2-3-5-8(7)10;1-4(2,5)6-3/h2-5H,6H2,1H3;5H,1-3H3. The Balaban J connectivity index is 0.000000411. The van der Waals surface area contributed by atoms with Crippen molar-refractivity contribution in [3.05, 3.63) is 34.9 Å². The Bertz CT molecular complexity index is 371. The second kappa shape index (κ2) is 8.08. The third kappa shape index (κ3) is 8.06. The Kier molecular flexibility index (Phi) is 7.59. The van der Waals surface area contributed by atoms with Gasteiger partial charge in [-0.3, -0.25) is 4.79 Å². The summed E-state index contributed by atoms with van der Waals surface area (Å²) >= 11 is 5.82. The Morgan fingerprint density at radius 1 is 1.33 bits per heavy atom. The van der Waals surface area contributed by atoms with Crippen LogP contribution in [0.3, 0.4) is 0 Å². The molecule has 0 fully saturated rings. The van der Waals surface area contributed by atoms with Gasteiger partial charge in [-0.1, -0.05) is 29.8 Å². The Hall–Kier alpha value is -1.10. The quantitative estimate of drug-likeness (QED) is 0.679. The third-order valence-electron chi connectivity index (χ3n) is 2.02. The minimum Gasteiger partial charge on any atom is -0.469 e. The van der Waals surface area contributed by atoms with Gasteiger partial charge in [-0.15, -0.1) is 0 Å². The van der Waals surface area contributed by atoms with Gasteiger partial charge in [0.05, 0.1) is 13.5 Å². The lowest BCUT2D eigenvalue weighted by Gasteiger charge is -2.12. The van der Waals surface area contributed by atoms with E-state index >= 15 is 0 Å². The highest BCUT2D eigenvalue weighted by Gasteiger charge is 2.06. The van der Waals surface area contributed by atoms with Crippen molar-refractivity contribution in [2.75, 3.05) is 14.2 Å². The molecule has 1 rings (SSSR count). The maximum Gasteiger partial charge on any atom is 0.310 e. The van der Waals surface area contributed by atoms with Gasteiger partial charge in [0, 0.05) is 12.1 Å². The Morgan fingerprint density at radius 2 is 1.83 bits per heavy atom. The fraction of sp³-hybridized carbons (Fsp3) is 0.462. The molecule has 1 aromatic carbocycles. The van der Waals surface area contributed by atoms with Gasteiger partial charge in [0.1, 0.15) is 0 Å². The second-order valence-corrected chi connectivity index (χ2v) is 4.40. The number of carbonyl (C=O) groups excluding carboxylic acids is 1. The van der Waals surface area contributed by atoms with Crippen LogP contribution in [0.5, 0.6) is 0 Å². The van der Waals surface area contributed by atoms with E-state index in [4.69, 9.17) is 16.7 Å². The van der Waals surface area contributed by atoms with E-state index in [1.54, 1.807) is 26.0 Å². The minimum absolute atomic E-state index is 0.232. The molecule has 5 heteroatoms. The summed E-state index contributed by atoms with van der Waals surface area (Å²) in [6, 6.07) is 7.21. The van der Waals surface area contributed by atoms with Crippen molar-refractivity contribution in [1.29, 1.82) is 0 Å². The Labute approximate surface area is 112 Å². The number of aliphatic hydroxyl groups is 1. The third-order valence-corrected chi connectivity index (χ3v) is 2.39. The van der Waals surface area contributed by atoms with Gasteiger partial charge >= 0.3 is 5.97 Å². The van der Waals surface area contributed by atoms with Gasteiger partial charge in [0.2, 0.25) is 0 Å². The molecule has 102 valence electrons. The predicted molar refractivity (Wildman–Crippen MR) is 70.5 cm³/mol. The van der Waals surface area contributed by atoms with Gasteiger partial charge in [-0.05, 0) is 25.5 Å². The fourth-order valence-corrected chi connectivity index (χ4v) is 1.07. The van der Waals surface area contributed by atoms with E-state index in [-0.39, 0.29) is 12.4 Å². The van der Waals surface area contributed by atoms with Crippen molar-refractivity contribution < 1.29 is 19.4 Å². The summed E-state index contributed by atoms with van der Waals surface area (Å²) in [5.74, 6) is -1.23. The highest BCUT2D eigenvalue weighted by molar-refractivity contribution is 6.31. The molecule has 0 saturated heterocycles. The largest absolute Gasteiger partial charge is 0.469 e. The van der Waals surface area contributed by atoms with Crippen LogP contribution in [-0.2, 0) is 20.7 Å². The zero-order valence-corrected chi connectivity index (χ0v) is 11.8. The van der Waals surface area contributed by atoms with Crippen molar-refractivity contribution in [2.45, 2.75) is 26.1 Å². The number of hydrogen-bond donors (Lipinski definition) is 1. The van der Waals surface area contributed by atoms with Crippen LogP contribution in [-0.4, -0.2) is 31.1 Å². The van der Waals surface area contributed by atoms with Crippen molar-refractivity contribution in [3.8, 4) is 0 Å². The SMILES string of the molecule is COC(=O)Cc1ccccc1Cl.COC(C)(C)O. The molecule has 1 aromatic rings. The number of methoxy groups -OCH3 is 2. The highest BCUT2D eigenvalue weighted by atomic mass is 35.5. The van der Waals surface area contributed by atoms with Crippen LogP contribution in [0.4, 0.5) is 0 Å². The van der Waals surface area contributed by atoms with E-state index in [1.165, 1.54) is 14.2 Å². The molecule has 0 radical (unpaired) electrons. The number of ether oxygens (including phenoxy) is 2. The molecular formula is C13H19ClO4. The zero-order chi connectivity index (χ0) is 14.2. The topological polar surface area (TPSA) is 55.8 Å². The monoisotopic (exact) mass is 274 g/mol. The lowest BCUT2D eigenvalue weighted by Crippen LogP contribution is -2.20. The second-order valence-electron chi connectivity index (χ2n) is 4.00. The van der Waals surface area contributed by atoms with E-state index in [0.29, 0.717) is 5.02 Å². The van der Waals surface area contributed by atoms with E-state index in [1.807, 2.05) is 12.1 Å². The van der Waals surface area contributed by atoms with Gasteiger partial charge in [-0.25, -0.2) is 0 Å². The van der Waals surface area contributed by atoms with Crippen LogP contribution in [0.25, 0.3) is 0 Å². The summed E-state index contributed by atoms with van der Waals surface area (Å²) in [5, 5.41) is 9.20. The van der Waals surface area contributed by atoms with Crippen molar-refractivity contribution >= 4 is 17.6 Å². The minimum atomic E-state index is -0.958. The summed E-state index contributed by atoms with van der Waals surface area (Å²) < 4.78 is 9.00. The van der Waals surface area contributed by atoms with Gasteiger partial charge in [-0.2, -0.15) is 0 Å². The molecule has 1 N–H and O–H groups in total. The molecule has 0 aliphatic heterocycles. The number of benzene rings is 1. The number of halogens is 1. The van der Waals surface area contributed by atoms with Gasteiger partial charge in [0.15, 0.2) is 5.79 Å². The summed E-state index contributed by atoms with van der Waals surface area (Å²) in [4.78, 5) is 10.9. The predicted octanol–water partition coefficient (Wildman–Crippen LogP) is 2.42. The molecule has 4 nitrogen and oxygen atoms in total. The van der Waals surface area contributed by atoms with Crippen molar-refractivity contribution in [3.63, 3.8) is 0 Å². The van der Waals surface area contributed by atoms with E-state index in [9.17, 15) is 4.79 Å². The molecule has 18 heavy (non-hydrogen) atoms. The average molecular weight is 275 g/mol. The van der Waals surface area contributed by atoms with Crippen LogP contribution in [0, 0.1) is 0 Å². The van der Waals surface area contributed by atoms with Crippen molar-refractivity contribution in [1.82, 2.24) is 0 Å². The molecule has 0 aromatic heterocycles. The first-order chi connectivity index (χ1) is 8.30. The van der Waals surface area contributed by atoms with E-state index in [0.717, 1.165) is 5.56 Å². The average Bonchev–Trinajstić information content (AvgIpc) is 2.32. The number of hydrogen-bond acceptors (Lipinski definition) is 4. The summed E-state index contributed by atoms with van der Waals surface area (Å²) in [7, 11) is 2.82. The maximum absolute atomic E-state index is 10.9. The lowest BCUT2D eigenvalue weighted by atomic mass is 10.1. The molecule has 0 amide bonds. The van der Waals surface area contributed by atoms with Gasteiger partial charge < -0.3 is 14.6 Å². The van der Waals surface area contributed by atoms with Crippen LogP contribution >= 0.6 is 11.6 Å². The highest BCUT2D eigenvalue weighted by Crippen LogP contribution is 2.15.